The molecule has 0 fully saturated rings. The molecule has 0 spiro atoms. The monoisotopic (exact) mass is 283 g/mol. The molecule has 0 aliphatic carbocycles. The molecule has 4 heteroatoms. The Labute approximate surface area is 125 Å². The van der Waals surface area contributed by atoms with E-state index >= 15 is 0 Å². The smallest absolute Gasteiger partial charge is 0.224 e. The predicted molar refractivity (Wildman–Crippen MR) is 81.9 cm³/mol. The highest BCUT2D eigenvalue weighted by Crippen LogP contribution is 2.18. The number of nitrogens with one attached hydrogen (secondary N) is 1. The third kappa shape index (κ3) is 3.32. The van der Waals surface area contributed by atoms with Gasteiger partial charge in [-0.15, -0.1) is 0 Å². The number of benzene rings is 1. The van der Waals surface area contributed by atoms with Crippen LogP contribution in [0.1, 0.15) is 23.4 Å². The van der Waals surface area contributed by atoms with E-state index in [1.54, 1.807) is 0 Å². The van der Waals surface area contributed by atoms with Crippen molar-refractivity contribution < 1.29 is 4.79 Å². The highest BCUT2D eigenvalue weighted by molar-refractivity contribution is 5.78. The first kappa shape index (κ1) is 13.9. The minimum atomic E-state index is 0.112. The molecule has 0 radical (unpaired) electrons. The van der Waals surface area contributed by atoms with E-state index in [0.717, 1.165) is 37.3 Å². The Bertz CT molecular complexity index is 632. The van der Waals surface area contributed by atoms with Gasteiger partial charge in [-0.2, -0.15) is 0 Å². The van der Waals surface area contributed by atoms with Gasteiger partial charge in [-0.1, -0.05) is 24.3 Å². The Morgan fingerprint density at radius 1 is 1.43 bits per heavy atom. The van der Waals surface area contributed by atoms with Gasteiger partial charge in [0.2, 0.25) is 5.91 Å². The van der Waals surface area contributed by atoms with Gasteiger partial charge >= 0.3 is 0 Å². The molecule has 1 aromatic heterocycles. The number of hydrogen-bond donors (Lipinski definition) is 1. The van der Waals surface area contributed by atoms with E-state index in [2.05, 4.69) is 14.9 Å². The maximum absolute atomic E-state index is 12.1. The molecule has 1 aromatic carbocycles. The molecule has 0 saturated heterocycles. The van der Waals surface area contributed by atoms with Crippen LogP contribution in [0.3, 0.4) is 0 Å². The molecular formula is C17H21N3O. The van der Waals surface area contributed by atoms with Crippen LogP contribution >= 0.6 is 0 Å². The lowest BCUT2D eigenvalue weighted by atomic mass is 9.99. The maximum Gasteiger partial charge on any atom is 0.224 e. The van der Waals surface area contributed by atoms with Crippen LogP contribution in [-0.2, 0) is 24.2 Å². The number of nitrogens with zero attached hydrogens (tertiary/aromatic N) is 2. The molecule has 1 unspecified atom stereocenters. The molecular weight excluding hydrogens is 262 g/mol. The van der Waals surface area contributed by atoms with Crippen molar-refractivity contribution in [1.29, 1.82) is 0 Å². The normalized spacial score (nSPS) is 17.3. The summed E-state index contributed by atoms with van der Waals surface area (Å²) >= 11 is 0. The summed E-state index contributed by atoms with van der Waals surface area (Å²) in [4.78, 5) is 16.4. The zero-order chi connectivity index (χ0) is 14.7. The van der Waals surface area contributed by atoms with Gasteiger partial charge in [0.25, 0.3) is 0 Å². The van der Waals surface area contributed by atoms with Crippen molar-refractivity contribution in [3.8, 4) is 0 Å². The Morgan fingerprint density at radius 3 is 3.14 bits per heavy atom. The predicted octanol–water partition coefficient (Wildman–Crippen LogP) is 2.11. The van der Waals surface area contributed by atoms with Crippen LogP contribution in [0.4, 0.5) is 0 Å². The van der Waals surface area contributed by atoms with Gasteiger partial charge in [0.05, 0.1) is 6.42 Å². The lowest BCUT2D eigenvalue weighted by Gasteiger charge is -2.24. The number of carbonyl (C=O) groups excluding carboxylic acids is 1. The summed E-state index contributed by atoms with van der Waals surface area (Å²) in [6, 6.07) is 8.05. The molecule has 4 nitrogen and oxygen atoms in total. The van der Waals surface area contributed by atoms with Crippen molar-refractivity contribution in [2.24, 2.45) is 5.92 Å². The summed E-state index contributed by atoms with van der Waals surface area (Å²) < 4.78 is 2.20. The van der Waals surface area contributed by atoms with Gasteiger partial charge in [-0.25, -0.2) is 4.98 Å². The van der Waals surface area contributed by atoms with Gasteiger partial charge in [-0.05, 0) is 30.4 Å². The van der Waals surface area contributed by atoms with Gasteiger partial charge in [0.15, 0.2) is 0 Å². The Kier molecular flexibility index (Phi) is 4.04. The minimum absolute atomic E-state index is 0.112. The number of aryl methyl sites for hydroxylation is 2. The molecule has 1 aliphatic heterocycles. The largest absolute Gasteiger partial charge is 0.355 e. The van der Waals surface area contributed by atoms with Crippen LogP contribution in [0, 0.1) is 12.8 Å². The molecule has 0 bridgehead atoms. The van der Waals surface area contributed by atoms with E-state index in [1.165, 1.54) is 5.56 Å². The van der Waals surface area contributed by atoms with E-state index in [4.69, 9.17) is 0 Å². The van der Waals surface area contributed by atoms with Gasteiger partial charge in [-0.3, -0.25) is 4.79 Å². The molecule has 110 valence electrons. The second-order valence-electron chi connectivity index (χ2n) is 5.81. The first-order valence-corrected chi connectivity index (χ1v) is 7.53. The number of carbonyl (C=O) groups is 1. The highest BCUT2D eigenvalue weighted by atomic mass is 16.1. The van der Waals surface area contributed by atoms with Crippen LogP contribution in [0.25, 0.3) is 0 Å². The first-order chi connectivity index (χ1) is 10.2. The number of imidazole rings is 1. The van der Waals surface area contributed by atoms with Gasteiger partial charge in [0.1, 0.15) is 5.82 Å². The lowest BCUT2D eigenvalue weighted by Crippen LogP contribution is -2.34. The Hall–Kier alpha value is -2.10. The highest BCUT2D eigenvalue weighted by Gasteiger charge is 2.19. The van der Waals surface area contributed by atoms with Gasteiger partial charge in [0, 0.05) is 31.9 Å². The van der Waals surface area contributed by atoms with Crippen LogP contribution in [0.5, 0.6) is 0 Å². The number of amides is 1. The third-order valence-corrected chi connectivity index (χ3v) is 4.23. The molecule has 0 saturated carbocycles. The molecule has 2 aromatic rings. The quantitative estimate of drug-likeness (QED) is 0.934. The van der Waals surface area contributed by atoms with Crippen LogP contribution < -0.4 is 5.32 Å². The fourth-order valence-corrected chi connectivity index (χ4v) is 2.91. The van der Waals surface area contributed by atoms with Crippen molar-refractivity contribution in [2.45, 2.75) is 32.7 Å². The lowest BCUT2D eigenvalue weighted by molar-refractivity contribution is -0.120. The summed E-state index contributed by atoms with van der Waals surface area (Å²) in [5.41, 5.74) is 2.28. The van der Waals surface area contributed by atoms with E-state index in [-0.39, 0.29) is 5.91 Å². The molecule has 1 amide bonds. The summed E-state index contributed by atoms with van der Waals surface area (Å²) in [6.07, 6.45) is 6.45. The first-order valence-electron chi connectivity index (χ1n) is 7.53. The van der Waals surface area contributed by atoms with Crippen molar-refractivity contribution >= 4 is 5.91 Å². The number of fused-ring (bicyclic) bond motifs is 1. The van der Waals surface area contributed by atoms with Crippen molar-refractivity contribution in [3.05, 3.63) is 53.6 Å². The summed E-state index contributed by atoms with van der Waals surface area (Å²) in [5.74, 6) is 1.78. The number of aromatic nitrogens is 2. The van der Waals surface area contributed by atoms with Crippen LogP contribution in [0.2, 0.25) is 0 Å². The molecule has 21 heavy (non-hydrogen) atoms. The van der Waals surface area contributed by atoms with E-state index in [0.29, 0.717) is 12.3 Å². The Balaban J connectivity index is 1.50. The second kappa shape index (κ2) is 6.12. The van der Waals surface area contributed by atoms with Crippen LogP contribution in [-0.4, -0.2) is 22.0 Å². The van der Waals surface area contributed by atoms with Crippen molar-refractivity contribution in [1.82, 2.24) is 14.9 Å². The average Bonchev–Trinajstić information content (AvgIpc) is 2.95. The summed E-state index contributed by atoms with van der Waals surface area (Å²) in [5, 5.41) is 3.08. The van der Waals surface area contributed by atoms with E-state index < -0.39 is 0 Å². The molecule has 1 aliphatic rings. The fourth-order valence-electron chi connectivity index (χ4n) is 2.91. The molecule has 2 heterocycles. The maximum atomic E-state index is 12.1. The summed E-state index contributed by atoms with van der Waals surface area (Å²) in [7, 11) is 0. The van der Waals surface area contributed by atoms with Crippen LogP contribution in [0.15, 0.2) is 36.7 Å². The average molecular weight is 283 g/mol. The topological polar surface area (TPSA) is 46.9 Å². The minimum Gasteiger partial charge on any atom is -0.355 e. The molecule has 3 rings (SSSR count). The third-order valence-electron chi connectivity index (χ3n) is 4.23. The van der Waals surface area contributed by atoms with E-state index in [1.807, 2.05) is 43.6 Å². The van der Waals surface area contributed by atoms with E-state index in [9.17, 15) is 4.79 Å². The van der Waals surface area contributed by atoms with Crippen molar-refractivity contribution in [2.75, 3.05) is 6.54 Å². The Morgan fingerprint density at radius 2 is 2.29 bits per heavy atom. The fraction of sp³-hybridized carbons (Fsp3) is 0.412. The number of rotatable bonds is 4. The SMILES string of the molecule is Cc1ccccc1CC(=O)NCC1CCc2nccn2C1. The summed E-state index contributed by atoms with van der Waals surface area (Å²) in [6.45, 7) is 3.76. The second-order valence-corrected chi connectivity index (χ2v) is 5.81. The standard InChI is InChI=1S/C17H21N3O/c1-13-4-2-3-5-15(13)10-17(21)19-11-14-6-7-16-18-8-9-20(16)12-14/h2-5,8-9,14H,6-7,10-12H2,1H3,(H,19,21). The zero-order valence-corrected chi connectivity index (χ0v) is 12.4. The zero-order valence-electron chi connectivity index (χ0n) is 12.4. The molecule has 1 N–H and O–H groups in total. The van der Waals surface area contributed by atoms with Gasteiger partial charge < -0.3 is 9.88 Å². The van der Waals surface area contributed by atoms with Crippen molar-refractivity contribution in [3.63, 3.8) is 0 Å². The number of hydrogen-bond acceptors (Lipinski definition) is 2. The molecule has 1 atom stereocenters.